The zero-order valence-corrected chi connectivity index (χ0v) is 14.0. The van der Waals surface area contributed by atoms with E-state index < -0.39 is 23.7 Å². The molecule has 0 saturated carbocycles. The second kappa shape index (κ2) is 5.82. The zero-order valence-electron chi connectivity index (χ0n) is 11.7. The Kier molecular flexibility index (Phi) is 4.21. The minimum atomic E-state index is -5.10. The van der Waals surface area contributed by atoms with Gasteiger partial charge >= 0.3 is 11.8 Å². The number of carbonyl (C=O) groups excluding carboxylic acids is 2. The Labute approximate surface area is 148 Å². The molecule has 5 nitrogen and oxygen atoms in total. The van der Waals surface area contributed by atoms with Gasteiger partial charge in [-0.25, -0.2) is 4.99 Å². The smallest absolute Gasteiger partial charge is 0.312 e. The topological polar surface area (TPSA) is 61.8 Å². The van der Waals surface area contributed by atoms with E-state index in [4.69, 9.17) is 23.2 Å². The van der Waals surface area contributed by atoms with Gasteiger partial charge in [-0.05, 0) is 18.2 Å². The first-order valence-corrected chi connectivity index (χ1v) is 8.29. The number of rotatable bonds is 2. The highest BCUT2D eigenvalue weighted by atomic mass is 35.5. The third kappa shape index (κ3) is 2.64. The van der Waals surface area contributed by atoms with Gasteiger partial charge in [0.2, 0.25) is 0 Å². The molecule has 0 aliphatic carbocycles. The van der Waals surface area contributed by atoms with Gasteiger partial charge in [0.15, 0.2) is 5.17 Å². The average Bonchev–Trinajstić information content (AvgIpc) is 3.01. The molecule has 0 spiro atoms. The van der Waals surface area contributed by atoms with Gasteiger partial charge in [0.05, 0.1) is 10.6 Å². The number of halogens is 5. The molecule has 0 bridgehead atoms. The summed E-state index contributed by atoms with van der Waals surface area (Å²) in [5.74, 6) is -2.04. The van der Waals surface area contributed by atoms with Gasteiger partial charge in [-0.2, -0.15) is 13.2 Å². The molecule has 2 amide bonds. The normalized spacial score (nSPS) is 23.3. The summed E-state index contributed by atoms with van der Waals surface area (Å²) in [5, 5.41) is 1.73. The highest BCUT2D eigenvalue weighted by Crippen LogP contribution is 2.41. The Morgan fingerprint density at radius 1 is 1.38 bits per heavy atom. The van der Waals surface area contributed by atoms with Crippen molar-refractivity contribution in [3.05, 3.63) is 33.8 Å². The number of nitrogens with one attached hydrogen (secondary N) is 1. The molecule has 2 aliphatic rings. The molecular formula is C13H8Cl2F3N3O2S. The SMILES string of the molecule is O=C(N[C@]1(C(F)(F)F)N=C2SCCN2C1=O)c1ccc(Cl)cc1Cl. The number of thioether (sulfide) groups is 1. The van der Waals surface area contributed by atoms with Gasteiger partial charge in [-0.15, -0.1) is 0 Å². The lowest BCUT2D eigenvalue weighted by Crippen LogP contribution is -2.63. The summed E-state index contributed by atoms with van der Waals surface area (Å²) in [4.78, 5) is 28.9. The lowest BCUT2D eigenvalue weighted by Gasteiger charge is -2.28. The minimum absolute atomic E-state index is 0.0557. The Hall–Kier alpha value is -1.45. The Bertz CT molecular complexity index is 771. The van der Waals surface area contributed by atoms with E-state index in [9.17, 15) is 22.8 Å². The highest BCUT2D eigenvalue weighted by Gasteiger charge is 2.67. The van der Waals surface area contributed by atoms with Crippen LogP contribution in [0.25, 0.3) is 0 Å². The first-order chi connectivity index (χ1) is 11.2. The van der Waals surface area contributed by atoms with Crippen LogP contribution >= 0.6 is 35.0 Å². The van der Waals surface area contributed by atoms with Crippen molar-refractivity contribution in [2.24, 2.45) is 4.99 Å². The van der Waals surface area contributed by atoms with Crippen molar-refractivity contribution in [3.63, 3.8) is 0 Å². The quantitative estimate of drug-likeness (QED) is 0.834. The van der Waals surface area contributed by atoms with E-state index in [1.165, 1.54) is 18.2 Å². The van der Waals surface area contributed by atoms with Gasteiger partial charge < -0.3 is 5.32 Å². The summed E-state index contributed by atoms with van der Waals surface area (Å²) in [6.45, 7) is 0.109. The number of carbonyl (C=O) groups is 2. The number of alkyl halides is 3. The maximum atomic E-state index is 13.6. The second-order valence-corrected chi connectivity index (χ2v) is 6.89. The molecule has 1 aromatic carbocycles. The van der Waals surface area contributed by atoms with E-state index in [-0.39, 0.29) is 27.3 Å². The lowest BCUT2D eigenvalue weighted by atomic mass is 10.1. The molecule has 0 unspecified atom stereocenters. The lowest BCUT2D eigenvalue weighted by molar-refractivity contribution is -0.196. The van der Waals surface area contributed by atoms with Crippen LogP contribution in [0.5, 0.6) is 0 Å². The second-order valence-electron chi connectivity index (χ2n) is 4.99. The number of hydrogen-bond acceptors (Lipinski definition) is 4. The molecule has 128 valence electrons. The molecule has 1 fully saturated rings. The van der Waals surface area contributed by atoms with Gasteiger partial charge in [-0.3, -0.25) is 14.5 Å². The Morgan fingerprint density at radius 2 is 2.08 bits per heavy atom. The fourth-order valence-corrected chi connectivity index (χ4v) is 3.79. The fraction of sp³-hybridized carbons (Fsp3) is 0.308. The molecule has 0 aromatic heterocycles. The number of hydrogen-bond donors (Lipinski definition) is 1. The highest BCUT2D eigenvalue weighted by molar-refractivity contribution is 8.14. The van der Waals surface area contributed by atoms with Crippen LogP contribution in [0.4, 0.5) is 13.2 Å². The number of benzene rings is 1. The molecule has 1 aromatic rings. The van der Waals surface area contributed by atoms with Crippen molar-refractivity contribution >= 4 is 51.9 Å². The van der Waals surface area contributed by atoms with E-state index in [2.05, 4.69) is 4.99 Å². The van der Waals surface area contributed by atoms with Crippen molar-refractivity contribution < 1.29 is 22.8 Å². The van der Waals surface area contributed by atoms with Crippen LogP contribution < -0.4 is 5.32 Å². The molecule has 2 aliphatic heterocycles. The van der Waals surface area contributed by atoms with Crippen LogP contribution in [-0.4, -0.2) is 46.0 Å². The van der Waals surface area contributed by atoms with E-state index in [0.29, 0.717) is 5.75 Å². The van der Waals surface area contributed by atoms with Crippen LogP contribution in [0.2, 0.25) is 10.0 Å². The van der Waals surface area contributed by atoms with Crippen molar-refractivity contribution in [2.75, 3.05) is 12.3 Å². The summed E-state index contributed by atoms with van der Waals surface area (Å²) >= 11 is 12.6. The third-order valence-electron chi connectivity index (χ3n) is 3.48. The molecule has 0 radical (unpaired) electrons. The molecule has 11 heteroatoms. The molecule has 1 N–H and O–H groups in total. The molecule has 24 heavy (non-hydrogen) atoms. The van der Waals surface area contributed by atoms with Gasteiger partial charge in [0, 0.05) is 17.3 Å². The fourth-order valence-electron chi connectivity index (χ4n) is 2.31. The van der Waals surface area contributed by atoms with Crippen molar-refractivity contribution in [1.82, 2.24) is 10.2 Å². The van der Waals surface area contributed by atoms with Crippen LogP contribution in [0.1, 0.15) is 10.4 Å². The number of amides is 2. The summed E-state index contributed by atoms with van der Waals surface area (Å²) in [5.41, 5.74) is -3.58. The molecule has 3 rings (SSSR count). The van der Waals surface area contributed by atoms with Gasteiger partial charge in [-0.1, -0.05) is 35.0 Å². The van der Waals surface area contributed by atoms with Gasteiger partial charge in [0.1, 0.15) is 0 Å². The minimum Gasteiger partial charge on any atom is -0.312 e. The van der Waals surface area contributed by atoms with Crippen molar-refractivity contribution in [1.29, 1.82) is 0 Å². The monoisotopic (exact) mass is 397 g/mol. The Balaban J connectivity index is 1.99. The summed E-state index contributed by atoms with van der Waals surface area (Å²) in [6, 6.07) is 3.69. The molecule has 1 atom stereocenters. The third-order valence-corrected chi connectivity index (χ3v) is 4.98. The predicted octanol–water partition coefficient (Wildman–Crippen LogP) is 2.93. The first-order valence-electron chi connectivity index (χ1n) is 6.54. The van der Waals surface area contributed by atoms with Crippen LogP contribution in [0.15, 0.2) is 23.2 Å². The van der Waals surface area contributed by atoms with Crippen molar-refractivity contribution in [3.8, 4) is 0 Å². The molecule has 1 saturated heterocycles. The standard InChI is InChI=1S/C13H8Cl2F3N3O2S/c14-6-1-2-7(8(15)5-6)9(22)19-12(13(16,17)18)10(23)21-3-4-24-11(21)20-12/h1-2,5H,3-4H2,(H,19,22)/t12-/m0/s1. The van der Waals surface area contributed by atoms with Gasteiger partial charge in [0.25, 0.3) is 11.8 Å². The number of fused-ring (bicyclic) bond motifs is 1. The van der Waals surface area contributed by atoms with E-state index >= 15 is 0 Å². The van der Waals surface area contributed by atoms with Crippen LogP contribution in [-0.2, 0) is 4.79 Å². The largest absolute Gasteiger partial charge is 0.442 e. The van der Waals surface area contributed by atoms with Crippen molar-refractivity contribution in [2.45, 2.75) is 11.8 Å². The van der Waals surface area contributed by atoms with E-state index in [1.54, 1.807) is 5.32 Å². The van der Waals surface area contributed by atoms with E-state index in [1.807, 2.05) is 0 Å². The zero-order chi connectivity index (χ0) is 17.7. The number of amidine groups is 1. The number of aliphatic imine (C=N–C) groups is 1. The maximum Gasteiger partial charge on any atom is 0.442 e. The molecule has 2 heterocycles. The first kappa shape index (κ1) is 17.4. The number of nitrogens with zero attached hydrogens (tertiary/aromatic N) is 2. The van der Waals surface area contributed by atoms with E-state index in [0.717, 1.165) is 16.7 Å². The van der Waals surface area contributed by atoms with Crippen LogP contribution in [0, 0.1) is 0 Å². The Morgan fingerprint density at radius 3 is 2.67 bits per heavy atom. The summed E-state index contributed by atoms with van der Waals surface area (Å²) < 4.78 is 40.7. The average molecular weight is 398 g/mol. The maximum absolute atomic E-state index is 13.6. The summed E-state index contributed by atoms with van der Waals surface area (Å²) in [6.07, 6.45) is -5.10. The predicted molar refractivity (Wildman–Crippen MR) is 84.3 cm³/mol. The van der Waals surface area contributed by atoms with Crippen LogP contribution in [0.3, 0.4) is 0 Å². The summed E-state index contributed by atoms with van der Waals surface area (Å²) in [7, 11) is 0. The molecular weight excluding hydrogens is 390 g/mol.